The second kappa shape index (κ2) is 6.72. The van der Waals surface area contributed by atoms with E-state index in [9.17, 15) is 4.39 Å². The molecule has 0 bridgehead atoms. The fourth-order valence-electron chi connectivity index (χ4n) is 2.73. The van der Waals surface area contributed by atoms with Gasteiger partial charge in [0.2, 0.25) is 5.16 Å². The summed E-state index contributed by atoms with van der Waals surface area (Å²) in [6.45, 7) is 2.14. The van der Waals surface area contributed by atoms with Crippen LogP contribution in [0.3, 0.4) is 0 Å². The van der Waals surface area contributed by atoms with Crippen molar-refractivity contribution in [2.75, 3.05) is 5.43 Å². The first-order valence-corrected chi connectivity index (χ1v) is 9.03. The van der Waals surface area contributed by atoms with Crippen molar-refractivity contribution in [1.82, 2.24) is 14.9 Å². The molecule has 3 aromatic rings. The Morgan fingerprint density at radius 1 is 1.08 bits per heavy atom. The topological polar surface area (TPSA) is 42.7 Å². The van der Waals surface area contributed by atoms with Crippen LogP contribution >= 0.6 is 11.8 Å². The van der Waals surface area contributed by atoms with E-state index in [2.05, 4.69) is 46.8 Å². The molecule has 1 aliphatic rings. The Kier molecular flexibility index (Phi) is 4.28. The van der Waals surface area contributed by atoms with Gasteiger partial charge in [0, 0.05) is 11.8 Å². The first kappa shape index (κ1) is 15.9. The highest BCUT2D eigenvalue weighted by molar-refractivity contribution is 8.02. The highest BCUT2D eigenvalue weighted by atomic mass is 32.2. The first-order valence-electron chi connectivity index (χ1n) is 8.15. The molecule has 0 spiro atoms. The molecule has 0 unspecified atom stereocenters. The highest BCUT2D eigenvalue weighted by Crippen LogP contribution is 2.29. The average Bonchev–Trinajstić information content (AvgIpc) is 3.06. The summed E-state index contributed by atoms with van der Waals surface area (Å²) >= 11 is 1.51. The molecule has 0 atom stereocenters. The molecule has 0 fully saturated rings. The lowest BCUT2D eigenvalue weighted by Gasteiger charge is -2.19. The Morgan fingerprint density at radius 2 is 1.88 bits per heavy atom. The second-order valence-electron chi connectivity index (χ2n) is 5.81. The molecule has 2 heterocycles. The third-order valence-electron chi connectivity index (χ3n) is 4.19. The van der Waals surface area contributed by atoms with Gasteiger partial charge in [-0.2, -0.15) is 0 Å². The summed E-state index contributed by atoms with van der Waals surface area (Å²) in [5, 5.41) is 11.2. The van der Waals surface area contributed by atoms with Crippen LogP contribution in [0.25, 0.3) is 5.70 Å². The maximum Gasteiger partial charge on any atom is 0.214 e. The standard InChI is InChI=1S/C19H17FN4S/c1-2-13-7-9-14(10-8-13)17-12-25-19-22-21-18(24(19)23-17)11-15-5-3-4-6-16(15)20/h3-10,12,23H,2,11H2,1H3. The molecular formula is C19H17FN4S. The van der Waals surface area contributed by atoms with E-state index in [1.54, 1.807) is 12.1 Å². The molecule has 0 aliphatic carbocycles. The quantitative estimate of drug-likeness (QED) is 0.763. The molecule has 4 rings (SSSR count). The predicted octanol–water partition coefficient (Wildman–Crippen LogP) is 4.22. The highest BCUT2D eigenvalue weighted by Gasteiger charge is 2.19. The largest absolute Gasteiger partial charge is 0.290 e. The van der Waals surface area contributed by atoms with Gasteiger partial charge in [-0.05, 0) is 29.2 Å². The van der Waals surface area contributed by atoms with Crippen molar-refractivity contribution >= 4 is 17.5 Å². The van der Waals surface area contributed by atoms with Crippen molar-refractivity contribution in [2.45, 2.75) is 24.9 Å². The van der Waals surface area contributed by atoms with Crippen molar-refractivity contribution in [3.63, 3.8) is 0 Å². The van der Waals surface area contributed by atoms with Crippen LogP contribution < -0.4 is 5.43 Å². The van der Waals surface area contributed by atoms with Crippen molar-refractivity contribution in [2.24, 2.45) is 0 Å². The molecule has 0 saturated heterocycles. The molecule has 1 N–H and O–H groups in total. The maximum absolute atomic E-state index is 13.9. The number of nitrogens with one attached hydrogen (secondary N) is 1. The van der Waals surface area contributed by atoms with Crippen LogP contribution in [0, 0.1) is 5.82 Å². The van der Waals surface area contributed by atoms with E-state index in [0.29, 0.717) is 17.8 Å². The second-order valence-corrected chi connectivity index (χ2v) is 6.65. The minimum absolute atomic E-state index is 0.228. The molecule has 1 aromatic heterocycles. The molecule has 0 amide bonds. The SMILES string of the molecule is CCc1ccc(C2=CSc3nnc(Cc4ccccc4F)n3N2)cc1. The van der Waals surface area contributed by atoms with Gasteiger partial charge in [0.15, 0.2) is 5.82 Å². The van der Waals surface area contributed by atoms with E-state index in [0.717, 1.165) is 22.8 Å². The van der Waals surface area contributed by atoms with Crippen LogP contribution in [0.15, 0.2) is 59.1 Å². The van der Waals surface area contributed by atoms with Gasteiger partial charge in [-0.15, -0.1) is 10.2 Å². The number of thioether (sulfide) groups is 1. The van der Waals surface area contributed by atoms with Crippen LogP contribution in [-0.4, -0.2) is 14.9 Å². The molecule has 1 aliphatic heterocycles. The van der Waals surface area contributed by atoms with Gasteiger partial charge in [0.05, 0.1) is 5.70 Å². The van der Waals surface area contributed by atoms with E-state index in [4.69, 9.17) is 0 Å². The molecule has 2 aromatic carbocycles. The minimum atomic E-state index is -0.228. The van der Waals surface area contributed by atoms with Gasteiger partial charge >= 0.3 is 0 Å². The zero-order valence-corrected chi connectivity index (χ0v) is 14.6. The third-order valence-corrected chi connectivity index (χ3v) is 5.02. The van der Waals surface area contributed by atoms with Gasteiger partial charge in [-0.1, -0.05) is 61.2 Å². The number of aryl methyl sites for hydroxylation is 1. The number of benzene rings is 2. The van der Waals surface area contributed by atoms with Crippen LogP contribution in [0.2, 0.25) is 0 Å². The number of hydrogen-bond donors (Lipinski definition) is 1. The molecule has 25 heavy (non-hydrogen) atoms. The molecule has 6 heteroatoms. The van der Waals surface area contributed by atoms with Crippen LogP contribution in [0.5, 0.6) is 0 Å². The summed E-state index contributed by atoms with van der Waals surface area (Å²) < 4.78 is 15.8. The summed E-state index contributed by atoms with van der Waals surface area (Å²) in [5.74, 6) is 0.456. The van der Waals surface area contributed by atoms with Crippen LogP contribution in [-0.2, 0) is 12.8 Å². The number of rotatable bonds is 4. The Labute approximate surface area is 149 Å². The first-order chi connectivity index (χ1) is 12.2. The van der Waals surface area contributed by atoms with E-state index in [1.807, 2.05) is 16.2 Å². The lowest BCUT2D eigenvalue weighted by atomic mass is 10.1. The van der Waals surface area contributed by atoms with Gasteiger partial charge in [0.1, 0.15) is 5.82 Å². The summed E-state index contributed by atoms with van der Waals surface area (Å²) in [6, 6.07) is 15.2. The van der Waals surface area contributed by atoms with Gasteiger partial charge in [0.25, 0.3) is 0 Å². The van der Waals surface area contributed by atoms with Crippen LogP contribution in [0.1, 0.15) is 29.4 Å². The van der Waals surface area contributed by atoms with Crippen molar-refractivity contribution in [3.05, 3.63) is 82.3 Å². The van der Waals surface area contributed by atoms with Gasteiger partial charge < -0.3 is 0 Å². The molecule has 0 radical (unpaired) electrons. The molecule has 0 saturated carbocycles. The zero-order chi connectivity index (χ0) is 17.2. The number of fused-ring (bicyclic) bond motifs is 1. The predicted molar refractivity (Wildman–Crippen MR) is 98.2 cm³/mol. The van der Waals surface area contributed by atoms with Gasteiger partial charge in [-0.3, -0.25) is 5.43 Å². The van der Waals surface area contributed by atoms with Crippen molar-refractivity contribution < 1.29 is 4.39 Å². The fraction of sp³-hybridized carbons (Fsp3) is 0.158. The zero-order valence-electron chi connectivity index (χ0n) is 13.7. The summed E-state index contributed by atoms with van der Waals surface area (Å²) in [6.07, 6.45) is 1.40. The smallest absolute Gasteiger partial charge is 0.214 e. The summed E-state index contributed by atoms with van der Waals surface area (Å²) in [7, 11) is 0. The molecule has 126 valence electrons. The van der Waals surface area contributed by atoms with Gasteiger partial charge in [-0.25, -0.2) is 9.07 Å². The van der Waals surface area contributed by atoms with E-state index < -0.39 is 0 Å². The number of halogens is 1. The summed E-state index contributed by atoms with van der Waals surface area (Å²) in [4.78, 5) is 0. The minimum Gasteiger partial charge on any atom is -0.290 e. The summed E-state index contributed by atoms with van der Waals surface area (Å²) in [5.41, 5.74) is 7.34. The van der Waals surface area contributed by atoms with Crippen molar-refractivity contribution in [1.29, 1.82) is 0 Å². The normalized spacial score (nSPS) is 13.1. The lowest BCUT2D eigenvalue weighted by Crippen LogP contribution is -2.20. The Bertz CT molecular complexity index is 931. The van der Waals surface area contributed by atoms with E-state index >= 15 is 0 Å². The Morgan fingerprint density at radius 3 is 2.64 bits per heavy atom. The lowest BCUT2D eigenvalue weighted by molar-refractivity contribution is 0.610. The number of aromatic nitrogens is 3. The Hall–Kier alpha value is -2.60. The van der Waals surface area contributed by atoms with E-state index in [1.165, 1.54) is 23.4 Å². The fourth-order valence-corrected chi connectivity index (χ4v) is 3.48. The molecular weight excluding hydrogens is 335 g/mol. The monoisotopic (exact) mass is 352 g/mol. The average molecular weight is 352 g/mol. The van der Waals surface area contributed by atoms with Crippen molar-refractivity contribution in [3.8, 4) is 0 Å². The Balaban J connectivity index is 1.59. The number of nitrogens with zero attached hydrogens (tertiary/aromatic N) is 3. The van der Waals surface area contributed by atoms with Crippen LogP contribution in [0.4, 0.5) is 4.39 Å². The van der Waals surface area contributed by atoms with E-state index in [-0.39, 0.29) is 5.82 Å². The maximum atomic E-state index is 13.9. The number of hydrogen-bond acceptors (Lipinski definition) is 4. The third kappa shape index (κ3) is 3.17. The molecule has 4 nitrogen and oxygen atoms in total.